The molecule has 2 amide bonds. The van der Waals surface area contributed by atoms with E-state index in [0.717, 1.165) is 17.8 Å². The number of piperidine rings is 2. The highest BCUT2D eigenvalue weighted by Crippen LogP contribution is 2.36. The number of nitrogens with zero attached hydrogens (tertiary/aromatic N) is 5. The standard InChI is InChI=1S/C34H34F2N6O5/c35-24-6-8-26(9-7-24)47-30-29(37)33(45)42(21-39-30)20-34(46)11-14-40(15-12-34)32(44)27-10-13-41(19-28(27)22-4-2-1-3-5-22)31(43)23-16-25(36)18-38-17-23/h1-9,16-18,21,27-28,46H,10-15,19-20,37H2/t27-,28+/m1/s1. The van der Waals surface area contributed by atoms with E-state index in [4.69, 9.17) is 10.5 Å². The molecule has 0 spiro atoms. The molecule has 244 valence electrons. The smallest absolute Gasteiger partial charge is 0.280 e. The Labute approximate surface area is 269 Å². The zero-order valence-electron chi connectivity index (χ0n) is 25.5. The first-order valence-electron chi connectivity index (χ1n) is 15.3. The molecule has 0 aliphatic carbocycles. The number of likely N-dealkylation sites (tertiary alicyclic amines) is 2. The van der Waals surface area contributed by atoms with Crippen LogP contribution < -0.4 is 16.0 Å². The van der Waals surface area contributed by atoms with Crippen LogP contribution in [0, 0.1) is 17.6 Å². The molecule has 11 nitrogen and oxygen atoms in total. The Morgan fingerprint density at radius 3 is 2.40 bits per heavy atom. The lowest BCUT2D eigenvalue weighted by atomic mass is 9.79. The maximum absolute atomic E-state index is 14.0. The van der Waals surface area contributed by atoms with Crippen molar-refractivity contribution in [1.29, 1.82) is 0 Å². The number of nitrogens with two attached hydrogens (primary N) is 1. The minimum Gasteiger partial charge on any atom is -0.437 e. The van der Waals surface area contributed by atoms with E-state index >= 15 is 0 Å². The number of hydrogen-bond acceptors (Lipinski definition) is 8. The number of carbonyl (C=O) groups excluding carboxylic acids is 2. The number of aromatic nitrogens is 3. The molecule has 2 aliphatic rings. The summed E-state index contributed by atoms with van der Waals surface area (Å²) in [5.41, 5.74) is 4.95. The quantitative estimate of drug-likeness (QED) is 0.311. The van der Waals surface area contributed by atoms with E-state index in [1.165, 1.54) is 41.4 Å². The highest BCUT2D eigenvalue weighted by Gasteiger charge is 2.41. The largest absolute Gasteiger partial charge is 0.437 e. The monoisotopic (exact) mass is 644 g/mol. The summed E-state index contributed by atoms with van der Waals surface area (Å²) >= 11 is 0. The summed E-state index contributed by atoms with van der Waals surface area (Å²) in [5, 5.41) is 11.4. The van der Waals surface area contributed by atoms with Gasteiger partial charge in [0.25, 0.3) is 11.5 Å². The lowest BCUT2D eigenvalue weighted by molar-refractivity contribution is -0.142. The average molecular weight is 645 g/mol. The van der Waals surface area contributed by atoms with Crippen molar-refractivity contribution >= 4 is 17.5 Å². The first kappa shape index (κ1) is 31.8. The Kier molecular flexibility index (Phi) is 8.99. The number of aliphatic hydroxyl groups is 1. The molecule has 2 saturated heterocycles. The van der Waals surface area contributed by atoms with Crippen LogP contribution in [0.2, 0.25) is 0 Å². The summed E-state index contributed by atoms with van der Waals surface area (Å²) in [5.74, 6) is -2.00. The van der Waals surface area contributed by atoms with Crippen LogP contribution in [0.25, 0.3) is 0 Å². The van der Waals surface area contributed by atoms with Crippen molar-refractivity contribution in [3.05, 3.63) is 112 Å². The number of halogens is 2. The second-order valence-electron chi connectivity index (χ2n) is 12.1. The third-order valence-electron chi connectivity index (χ3n) is 8.93. The van der Waals surface area contributed by atoms with Gasteiger partial charge in [0.2, 0.25) is 11.8 Å². The van der Waals surface area contributed by atoms with Crippen molar-refractivity contribution < 1.29 is 28.2 Å². The number of ether oxygens (including phenoxy) is 1. The molecular weight excluding hydrogens is 610 g/mol. The molecule has 2 aliphatic heterocycles. The van der Waals surface area contributed by atoms with Crippen LogP contribution in [0.15, 0.2) is 84.2 Å². The van der Waals surface area contributed by atoms with Gasteiger partial charge < -0.3 is 25.4 Å². The number of carbonyl (C=O) groups is 2. The van der Waals surface area contributed by atoms with Crippen molar-refractivity contribution in [3.63, 3.8) is 0 Å². The molecule has 0 saturated carbocycles. The molecule has 2 aromatic carbocycles. The third-order valence-corrected chi connectivity index (χ3v) is 8.93. The van der Waals surface area contributed by atoms with E-state index in [1.54, 1.807) is 9.80 Å². The van der Waals surface area contributed by atoms with Gasteiger partial charge in [0, 0.05) is 44.2 Å². The molecule has 6 rings (SSSR count). The lowest BCUT2D eigenvalue weighted by Gasteiger charge is -2.43. The van der Waals surface area contributed by atoms with E-state index in [1.807, 2.05) is 30.3 Å². The number of hydrogen-bond donors (Lipinski definition) is 2. The molecule has 2 fully saturated rings. The molecule has 0 unspecified atom stereocenters. The van der Waals surface area contributed by atoms with Gasteiger partial charge in [-0.3, -0.25) is 23.9 Å². The number of benzene rings is 2. The van der Waals surface area contributed by atoms with E-state index < -0.39 is 28.7 Å². The first-order chi connectivity index (χ1) is 22.6. The zero-order valence-corrected chi connectivity index (χ0v) is 25.5. The Bertz CT molecular complexity index is 1810. The average Bonchev–Trinajstić information content (AvgIpc) is 3.09. The summed E-state index contributed by atoms with van der Waals surface area (Å²) in [6.45, 7) is 1.07. The second kappa shape index (κ2) is 13.3. The van der Waals surface area contributed by atoms with Gasteiger partial charge in [0.1, 0.15) is 23.7 Å². The fraction of sp³-hybridized carbons (Fsp3) is 0.324. The van der Waals surface area contributed by atoms with Crippen LogP contribution in [-0.4, -0.2) is 73.0 Å². The molecule has 2 aromatic heterocycles. The summed E-state index contributed by atoms with van der Waals surface area (Å²) in [7, 11) is 0. The molecule has 4 heterocycles. The van der Waals surface area contributed by atoms with Gasteiger partial charge in [-0.05, 0) is 55.2 Å². The fourth-order valence-electron chi connectivity index (χ4n) is 6.33. The Morgan fingerprint density at radius 2 is 1.70 bits per heavy atom. The number of rotatable bonds is 7. The van der Waals surface area contributed by atoms with E-state index in [-0.39, 0.29) is 79.6 Å². The molecular formula is C34H34F2N6O5. The van der Waals surface area contributed by atoms with Gasteiger partial charge in [-0.25, -0.2) is 13.8 Å². The van der Waals surface area contributed by atoms with Gasteiger partial charge in [-0.15, -0.1) is 0 Å². The Hall–Kier alpha value is -5.17. The normalized spacial score (nSPS) is 19.3. The van der Waals surface area contributed by atoms with Gasteiger partial charge in [-0.2, -0.15) is 0 Å². The van der Waals surface area contributed by atoms with Gasteiger partial charge >= 0.3 is 0 Å². The van der Waals surface area contributed by atoms with E-state index in [2.05, 4.69) is 9.97 Å². The molecule has 2 atom stereocenters. The number of amides is 2. The van der Waals surface area contributed by atoms with Crippen LogP contribution in [0.5, 0.6) is 11.6 Å². The molecule has 0 radical (unpaired) electrons. The van der Waals surface area contributed by atoms with Crippen LogP contribution >= 0.6 is 0 Å². The molecule has 4 aromatic rings. The SMILES string of the molecule is Nc1c(Oc2ccc(F)cc2)ncn(CC2(O)CCN(C(=O)[C@@H]3CCN(C(=O)c4cncc(F)c4)C[C@H]3c3ccccc3)CC2)c1=O. The topological polar surface area (TPSA) is 144 Å². The number of pyridine rings is 1. The predicted octanol–water partition coefficient (Wildman–Crippen LogP) is 3.59. The lowest BCUT2D eigenvalue weighted by Crippen LogP contribution is -2.53. The van der Waals surface area contributed by atoms with Gasteiger partial charge in [0.05, 0.1) is 23.9 Å². The van der Waals surface area contributed by atoms with Gasteiger partial charge in [-0.1, -0.05) is 30.3 Å². The molecule has 13 heteroatoms. The Balaban J connectivity index is 1.11. The highest BCUT2D eigenvalue weighted by molar-refractivity contribution is 5.94. The number of nitrogen functional groups attached to an aromatic ring is 1. The van der Waals surface area contributed by atoms with Crippen molar-refractivity contribution in [1.82, 2.24) is 24.3 Å². The maximum Gasteiger partial charge on any atom is 0.280 e. The minimum atomic E-state index is -1.29. The molecule has 47 heavy (non-hydrogen) atoms. The van der Waals surface area contributed by atoms with Crippen LogP contribution in [-0.2, 0) is 11.3 Å². The van der Waals surface area contributed by atoms with Crippen molar-refractivity contribution in [2.24, 2.45) is 5.92 Å². The summed E-state index contributed by atoms with van der Waals surface area (Å²) in [6, 6.07) is 15.9. The van der Waals surface area contributed by atoms with Crippen molar-refractivity contribution in [2.45, 2.75) is 37.3 Å². The van der Waals surface area contributed by atoms with Gasteiger partial charge in [0.15, 0.2) is 5.69 Å². The molecule has 0 bridgehead atoms. The molecule has 3 N–H and O–H groups in total. The fourth-order valence-corrected chi connectivity index (χ4v) is 6.33. The van der Waals surface area contributed by atoms with E-state index in [0.29, 0.717) is 13.0 Å². The van der Waals surface area contributed by atoms with Crippen LogP contribution in [0.1, 0.15) is 41.1 Å². The number of anilines is 1. The van der Waals surface area contributed by atoms with E-state index in [9.17, 15) is 28.3 Å². The van der Waals surface area contributed by atoms with Crippen molar-refractivity contribution in [2.75, 3.05) is 31.9 Å². The third kappa shape index (κ3) is 6.99. The zero-order chi connectivity index (χ0) is 33.1. The minimum absolute atomic E-state index is 0.0641. The maximum atomic E-state index is 14.0. The summed E-state index contributed by atoms with van der Waals surface area (Å²) in [4.78, 5) is 51.5. The predicted molar refractivity (Wildman–Crippen MR) is 168 cm³/mol. The highest BCUT2D eigenvalue weighted by atomic mass is 19.1. The van der Waals surface area contributed by atoms with Crippen LogP contribution in [0.3, 0.4) is 0 Å². The second-order valence-corrected chi connectivity index (χ2v) is 12.1. The van der Waals surface area contributed by atoms with Crippen LogP contribution in [0.4, 0.5) is 14.5 Å². The summed E-state index contributed by atoms with van der Waals surface area (Å²) in [6.07, 6.45) is 4.48. The summed E-state index contributed by atoms with van der Waals surface area (Å²) < 4.78 is 33.8. The Morgan fingerprint density at radius 1 is 0.979 bits per heavy atom. The van der Waals surface area contributed by atoms with Crippen molar-refractivity contribution in [3.8, 4) is 11.6 Å². The first-order valence-corrected chi connectivity index (χ1v) is 15.3.